The number of ether oxygens (including phenoxy) is 1. The van der Waals surface area contributed by atoms with Crippen molar-refractivity contribution in [3.05, 3.63) is 96.2 Å². The highest BCUT2D eigenvalue weighted by atomic mass is 19.1. The number of hydrogen-bond donors (Lipinski definition) is 1. The molecule has 7 nitrogen and oxygen atoms in total. The first kappa shape index (κ1) is 22.5. The van der Waals surface area contributed by atoms with Crippen LogP contribution in [0.5, 0.6) is 5.75 Å². The van der Waals surface area contributed by atoms with Gasteiger partial charge in [0.2, 0.25) is 0 Å². The maximum atomic E-state index is 13.0. The van der Waals surface area contributed by atoms with Gasteiger partial charge in [-0.3, -0.25) is 4.79 Å². The zero-order chi connectivity index (χ0) is 24.2. The van der Waals surface area contributed by atoms with Crippen LogP contribution in [0.4, 0.5) is 14.9 Å². The fourth-order valence-electron chi connectivity index (χ4n) is 3.99. The van der Waals surface area contributed by atoms with E-state index < -0.39 is 0 Å². The van der Waals surface area contributed by atoms with Gasteiger partial charge in [-0.2, -0.15) is 0 Å². The number of halogens is 1. The van der Waals surface area contributed by atoms with E-state index in [4.69, 9.17) is 9.15 Å². The maximum absolute atomic E-state index is 13.0. The van der Waals surface area contributed by atoms with E-state index in [1.54, 1.807) is 21.9 Å². The predicted molar refractivity (Wildman–Crippen MR) is 130 cm³/mol. The fraction of sp³-hybridized carbons (Fsp3) is 0.185. The van der Waals surface area contributed by atoms with Crippen LogP contribution in [0.15, 0.2) is 83.3 Å². The first-order valence-corrected chi connectivity index (χ1v) is 11.4. The van der Waals surface area contributed by atoms with E-state index in [1.165, 1.54) is 24.3 Å². The molecule has 0 bridgehead atoms. The van der Waals surface area contributed by atoms with Crippen LogP contribution in [-0.4, -0.2) is 47.9 Å². The van der Waals surface area contributed by atoms with Crippen LogP contribution < -0.4 is 10.1 Å². The van der Waals surface area contributed by atoms with E-state index in [1.807, 2.05) is 42.5 Å². The van der Waals surface area contributed by atoms with Crippen molar-refractivity contribution in [2.75, 3.05) is 31.5 Å². The zero-order valence-corrected chi connectivity index (χ0v) is 18.9. The lowest BCUT2D eigenvalue weighted by molar-refractivity contribution is 0.0636. The molecule has 1 aliphatic heterocycles. The standard InChI is InChI=1S/C27H24FN3O4/c28-21-6-8-22(9-7-21)29-27(33)31-15-13-30(14-16-31)26(32)25-12-11-24(35-25)18-34-23-10-5-19-3-1-2-4-20(19)17-23/h1-12,17H,13-16,18H2,(H,29,33). The summed E-state index contributed by atoms with van der Waals surface area (Å²) in [5.74, 6) is 0.935. The van der Waals surface area contributed by atoms with Gasteiger partial charge in [0.15, 0.2) is 5.76 Å². The number of carbonyl (C=O) groups is 2. The van der Waals surface area contributed by atoms with Gasteiger partial charge in [0.05, 0.1) is 0 Å². The van der Waals surface area contributed by atoms with E-state index in [0.29, 0.717) is 37.6 Å². The summed E-state index contributed by atoms with van der Waals surface area (Å²) >= 11 is 0. The highest BCUT2D eigenvalue weighted by molar-refractivity contribution is 5.92. The fourth-order valence-corrected chi connectivity index (χ4v) is 3.99. The maximum Gasteiger partial charge on any atom is 0.321 e. The quantitative estimate of drug-likeness (QED) is 0.436. The zero-order valence-electron chi connectivity index (χ0n) is 18.9. The molecule has 0 unspecified atom stereocenters. The van der Waals surface area contributed by atoms with E-state index in [0.717, 1.165) is 16.5 Å². The number of hydrogen-bond acceptors (Lipinski definition) is 4. The molecule has 1 aromatic heterocycles. The third-order valence-electron chi connectivity index (χ3n) is 5.92. The number of carbonyl (C=O) groups excluding carboxylic acids is 2. The van der Waals surface area contributed by atoms with Crippen molar-refractivity contribution in [3.63, 3.8) is 0 Å². The van der Waals surface area contributed by atoms with Crippen molar-refractivity contribution in [1.29, 1.82) is 0 Å². The molecular formula is C27H24FN3O4. The van der Waals surface area contributed by atoms with Crippen LogP contribution >= 0.6 is 0 Å². The van der Waals surface area contributed by atoms with Crippen LogP contribution in [-0.2, 0) is 6.61 Å². The van der Waals surface area contributed by atoms with Gasteiger partial charge in [0.25, 0.3) is 5.91 Å². The number of rotatable bonds is 5. The Bertz CT molecular complexity index is 1340. The summed E-state index contributed by atoms with van der Waals surface area (Å²) in [6, 6.07) is 22.6. The molecule has 0 saturated carbocycles. The van der Waals surface area contributed by atoms with Gasteiger partial charge in [-0.05, 0) is 59.3 Å². The smallest absolute Gasteiger partial charge is 0.321 e. The van der Waals surface area contributed by atoms with Gasteiger partial charge in [0.1, 0.15) is 23.9 Å². The molecule has 5 rings (SSSR count). The molecule has 1 fully saturated rings. The molecule has 178 valence electrons. The Kier molecular flexibility index (Phi) is 6.34. The number of nitrogens with one attached hydrogen (secondary N) is 1. The molecule has 1 saturated heterocycles. The summed E-state index contributed by atoms with van der Waals surface area (Å²) in [4.78, 5) is 28.6. The molecule has 0 aliphatic carbocycles. The van der Waals surface area contributed by atoms with E-state index in [2.05, 4.69) is 5.32 Å². The molecule has 0 radical (unpaired) electrons. The molecule has 2 heterocycles. The van der Waals surface area contributed by atoms with E-state index in [-0.39, 0.29) is 30.1 Å². The Labute approximate surface area is 201 Å². The first-order valence-electron chi connectivity index (χ1n) is 11.4. The van der Waals surface area contributed by atoms with E-state index >= 15 is 0 Å². The van der Waals surface area contributed by atoms with Gasteiger partial charge in [-0.1, -0.05) is 30.3 Å². The average Bonchev–Trinajstić information content (AvgIpc) is 3.37. The molecule has 1 N–H and O–H groups in total. The number of benzene rings is 3. The van der Waals surface area contributed by atoms with Crippen molar-refractivity contribution >= 4 is 28.4 Å². The highest BCUT2D eigenvalue weighted by Gasteiger charge is 2.26. The molecule has 4 aromatic rings. The van der Waals surface area contributed by atoms with Crippen LogP contribution in [0.3, 0.4) is 0 Å². The second-order valence-electron chi connectivity index (χ2n) is 8.28. The molecule has 35 heavy (non-hydrogen) atoms. The third-order valence-corrected chi connectivity index (χ3v) is 5.92. The van der Waals surface area contributed by atoms with Gasteiger partial charge < -0.3 is 24.3 Å². The number of urea groups is 1. The Morgan fingerprint density at radius 3 is 2.34 bits per heavy atom. The summed E-state index contributed by atoms with van der Waals surface area (Å²) < 4.78 is 24.6. The van der Waals surface area contributed by atoms with Crippen molar-refractivity contribution in [3.8, 4) is 5.75 Å². The van der Waals surface area contributed by atoms with Crippen molar-refractivity contribution in [2.45, 2.75) is 6.61 Å². The van der Waals surface area contributed by atoms with Crippen molar-refractivity contribution in [1.82, 2.24) is 9.80 Å². The number of anilines is 1. The molecule has 1 aliphatic rings. The lowest BCUT2D eigenvalue weighted by Gasteiger charge is -2.34. The summed E-state index contributed by atoms with van der Waals surface area (Å²) in [5, 5.41) is 4.97. The third kappa shape index (κ3) is 5.27. The molecule has 0 atom stereocenters. The number of piperazine rings is 1. The lowest BCUT2D eigenvalue weighted by atomic mass is 10.1. The summed E-state index contributed by atoms with van der Waals surface area (Å²) in [6.45, 7) is 1.76. The van der Waals surface area contributed by atoms with Crippen molar-refractivity contribution in [2.24, 2.45) is 0 Å². The van der Waals surface area contributed by atoms with Gasteiger partial charge >= 0.3 is 6.03 Å². The number of furan rings is 1. The summed E-state index contributed by atoms with van der Waals surface area (Å²) in [5.41, 5.74) is 0.518. The lowest BCUT2D eigenvalue weighted by Crippen LogP contribution is -2.51. The van der Waals surface area contributed by atoms with Crippen LogP contribution in [0, 0.1) is 5.82 Å². The predicted octanol–water partition coefficient (Wildman–Crippen LogP) is 5.14. The van der Waals surface area contributed by atoms with E-state index in [9.17, 15) is 14.0 Å². The minimum absolute atomic E-state index is 0.211. The van der Waals surface area contributed by atoms with Crippen LogP contribution in [0.1, 0.15) is 16.3 Å². The average molecular weight is 474 g/mol. The largest absolute Gasteiger partial charge is 0.486 e. The number of fused-ring (bicyclic) bond motifs is 1. The second-order valence-corrected chi connectivity index (χ2v) is 8.28. The number of amides is 3. The molecular weight excluding hydrogens is 449 g/mol. The van der Waals surface area contributed by atoms with Crippen LogP contribution in [0.25, 0.3) is 10.8 Å². The first-order chi connectivity index (χ1) is 17.0. The van der Waals surface area contributed by atoms with Crippen LogP contribution in [0.2, 0.25) is 0 Å². The molecule has 3 amide bonds. The minimum atomic E-state index is -0.364. The summed E-state index contributed by atoms with van der Waals surface area (Å²) in [6.07, 6.45) is 0. The molecule has 8 heteroatoms. The topological polar surface area (TPSA) is 75.0 Å². The minimum Gasteiger partial charge on any atom is -0.486 e. The number of nitrogens with zero attached hydrogens (tertiary/aromatic N) is 2. The SMILES string of the molecule is O=C(Nc1ccc(F)cc1)N1CCN(C(=O)c2ccc(COc3ccc4ccccc4c3)o2)CC1. The Balaban J connectivity index is 1.12. The monoisotopic (exact) mass is 473 g/mol. The normalized spacial score (nSPS) is 13.6. The Hall–Kier alpha value is -4.33. The Morgan fingerprint density at radius 1 is 0.857 bits per heavy atom. The second kappa shape index (κ2) is 9.89. The van der Waals surface area contributed by atoms with Gasteiger partial charge in [0, 0.05) is 31.9 Å². The Morgan fingerprint density at radius 2 is 1.57 bits per heavy atom. The van der Waals surface area contributed by atoms with Gasteiger partial charge in [-0.25, -0.2) is 9.18 Å². The summed E-state index contributed by atoms with van der Waals surface area (Å²) in [7, 11) is 0. The molecule has 3 aromatic carbocycles. The van der Waals surface area contributed by atoms with Crippen molar-refractivity contribution < 1.29 is 23.1 Å². The molecule has 0 spiro atoms. The van der Waals surface area contributed by atoms with Gasteiger partial charge in [-0.15, -0.1) is 0 Å². The highest BCUT2D eigenvalue weighted by Crippen LogP contribution is 2.22.